The van der Waals surface area contributed by atoms with Gasteiger partial charge in [0.25, 0.3) is 5.91 Å². The van der Waals surface area contributed by atoms with Gasteiger partial charge >= 0.3 is 0 Å². The van der Waals surface area contributed by atoms with Crippen LogP contribution in [0.2, 0.25) is 0 Å². The minimum absolute atomic E-state index is 0.0173. The molecule has 0 saturated carbocycles. The molecule has 1 aromatic heterocycles. The van der Waals surface area contributed by atoms with E-state index in [1.54, 1.807) is 19.3 Å². The highest BCUT2D eigenvalue weighted by molar-refractivity contribution is 5.93. The van der Waals surface area contributed by atoms with E-state index in [-0.39, 0.29) is 17.2 Å². The summed E-state index contributed by atoms with van der Waals surface area (Å²) in [6, 6.07) is 0. The molecule has 1 aliphatic heterocycles. The van der Waals surface area contributed by atoms with E-state index in [1.807, 2.05) is 4.90 Å². The molecule has 0 aromatic carbocycles. The highest BCUT2D eigenvalue weighted by Gasteiger charge is 2.25. The van der Waals surface area contributed by atoms with Crippen molar-refractivity contribution >= 4 is 11.8 Å². The molecule has 6 nitrogen and oxygen atoms in total. The molecule has 0 spiro atoms. The molecule has 6 heteroatoms. The fourth-order valence-electron chi connectivity index (χ4n) is 2.93. The summed E-state index contributed by atoms with van der Waals surface area (Å²) in [5.41, 5.74) is 1.14. The van der Waals surface area contributed by atoms with E-state index in [2.05, 4.69) is 36.1 Å². The number of nitrogens with one attached hydrogen (secondary N) is 1. The van der Waals surface area contributed by atoms with E-state index >= 15 is 0 Å². The molecule has 1 N–H and O–H groups in total. The van der Waals surface area contributed by atoms with E-state index in [0.717, 1.165) is 31.6 Å². The van der Waals surface area contributed by atoms with Crippen molar-refractivity contribution in [1.29, 1.82) is 0 Å². The summed E-state index contributed by atoms with van der Waals surface area (Å²) in [6.45, 7) is 9.97. The monoisotopic (exact) mass is 332 g/mol. The molecule has 1 aliphatic rings. The summed E-state index contributed by atoms with van der Waals surface area (Å²) >= 11 is 0. The van der Waals surface area contributed by atoms with Gasteiger partial charge < -0.3 is 10.2 Å². The molecule has 1 fully saturated rings. The molecule has 1 saturated heterocycles. The number of hydrogen-bond acceptors (Lipinski definition) is 4. The van der Waals surface area contributed by atoms with Crippen LogP contribution >= 0.6 is 0 Å². The molecule has 2 amide bonds. The summed E-state index contributed by atoms with van der Waals surface area (Å²) in [7, 11) is 0. The Morgan fingerprint density at radius 2 is 2.00 bits per heavy atom. The van der Waals surface area contributed by atoms with Crippen LogP contribution in [-0.4, -0.2) is 46.3 Å². The van der Waals surface area contributed by atoms with Crippen molar-refractivity contribution in [3.63, 3.8) is 0 Å². The predicted molar refractivity (Wildman–Crippen MR) is 92.5 cm³/mol. The molecule has 0 aliphatic carbocycles. The van der Waals surface area contributed by atoms with Crippen LogP contribution in [0.5, 0.6) is 0 Å². The maximum Gasteiger partial charge on any atom is 0.271 e. The zero-order chi connectivity index (χ0) is 17.7. The minimum Gasteiger partial charge on any atom is -0.350 e. The first kappa shape index (κ1) is 18.4. The van der Waals surface area contributed by atoms with Crippen LogP contribution in [0.15, 0.2) is 12.4 Å². The molecular formula is C18H28N4O2. The van der Waals surface area contributed by atoms with E-state index in [0.29, 0.717) is 24.6 Å². The first-order valence-electron chi connectivity index (χ1n) is 8.60. The van der Waals surface area contributed by atoms with Gasteiger partial charge in [0, 0.05) is 39.0 Å². The smallest absolute Gasteiger partial charge is 0.271 e. The van der Waals surface area contributed by atoms with Crippen molar-refractivity contribution in [3.05, 3.63) is 23.8 Å². The Bertz CT molecular complexity index is 595. The van der Waals surface area contributed by atoms with Crippen molar-refractivity contribution < 1.29 is 9.59 Å². The lowest BCUT2D eigenvalue weighted by Gasteiger charge is -2.32. The largest absolute Gasteiger partial charge is 0.350 e. The van der Waals surface area contributed by atoms with Crippen molar-refractivity contribution in [2.75, 3.05) is 19.6 Å². The third-order valence-corrected chi connectivity index (χ3v) is 4.21. The molecule has 24 heavy (non-hydrogen) atoms. The van der Waals surface area contributed by atoms with Crippen molar-refractivity contribution in [2.24, 2.45) is 11.3 Å². The summed E-state index contributed by atoms with van der Waals surface area (Å²) in [5.74, 6) is 0.266. The molecule has 132 valence electrons. The lowest BCUT2D eigenvalue weighted by Crippen LogP contribution is -2.39. The summed E-state index contributed by atoms with van der Waals surface area (Å²) < 4.78 is 0. The Kier molecular flexibility index (Phi) is 5.91. The molecule has 2 rings (SSSR count). The maximum atomic E-state index is 12.4. The van der Waals surface area contributed by atoms with E-state index in [1.165, 1.54) is 0 Å². The van der Waals surface area contributed by atoms with Crippen LogP contribution in [0, 0.1) is 11.3 Å². The van der Waals surface area contributed by atoms with Crippen molar-refractivity contribution in [3.8, 4) is 0 Å². The van der Waals surface area contributed by atoms with Crippen LogP contribution < -0.4 is 5.32 Å². The Morgan fingerprint density at radius 1 is 1.29 bits per heavy atom. The van der Waals surface area contributed by atoms with Gasteiger partial charge in [-0.05, 0) is 30.6 Å². The third kappa shape index (κ3) is 5.28. The van der Waals surface area contributed by atoms with E-state index < -0.39 is 0 Å². The third-order valence-electron chi connectivity index (χ3n) is 4.21. The van der Waals surface area contributed by atoms with E-state index in [4.69, 9.17) is 0 Å². The molecule has 1 aromatic rings. The standard InChI is InChI=1S/C18H28N4O2/c1-13(23)22-9-5-6-14(11-22)10-15-16(20-8-7-19-15)17(24)21-12-18(2,3)4/h7-8,14H,5-6,9-12H2,1-4H3,(H,21,24). The lowest BCUT2D eigenvalue weighted by atomic mass is 9.92. The number of carbonyl (C=O) groups is 2. The van der Waals surface area contributed by atoms with Crippen molar-refractivity contribution in [2.45, 2.75) is 47.0 Å². The number of rotatable bonds is 4. The number of hydrogen-bond donors (Lipinski definition) is 1. The van der Waals surface area contributed by atoms with Gasteiger partial charge in [0.2, 0.25) is 5.91 Å². The second-order valence-electron chi connectivity index (χ2n) is 7.77. The Hall–Kier alpha value is -1.98. The lowest BCUT2D eigenvalue weighted by molar-refractivity contribution is -0.130. The summed E-state index contributed by atoms with van der Waals surface area (Å²) in [5, 5.41) is 2.94. The van der Waals surface area contributed by atoms with Crippen LogP contribution in [0.1, 0.15) is 56.7 Å². The molecular weight excluding hydrogens is 304 g/mol. The SMILES string of the molecule is CC(=O)N1CCCC(Cc2nccnc2C(=O)NCC(C)(C)C)C1. The van der Waals surface area contributed by atoms with Crippen LogP contribution in [0.25, 0.3) is 0 Å². The molecule has 1 unspecified atom stereocenters. The second-order valence-corrected chi connectivity index (χ2v) is 7.77. The first-order valence-corrected chi connectivity index (χ1v) is 8.60. The average Bonchev–Trinajstić information content (AvgIpc) is 2.52. The maximum absolute atomic E-state index is 12.4. The Labute approximate surface area is 144 Å². The van der Waals surface area contributed by atoms with Gasteiger partial charge in [-0.15, -0.1) is 0 Å². The van der Waals surface area contributed by atoms with Gasteiger partial charge in [0.15, 0.2) is 0 Å². The van der Waals surface area contributed by atoms with Crippen LogP contribution in [-0.2, 0) is 11.2 Å². The number of carbonyl (C=O) groups excluding carboxylic acids is 2. The van der Waals surface area contributed by atoms with Gasteiger partial charge in [-0.25, -0.2) is 4.98 Å². The van der Waals surface area contributed by atoms with Gasteiger partial charge in [-0.2, -0.15) is 0 Å². The van der Waals surface area contributed by atoms with Crippen molar-refractivity contribution in [1.82, 2.24) is 20.2 Å². The van der Waals surface area contributed by atoms with Crippen LogP contribution in [0.3, 0.4) is 0 Å². The highest BCUT2D eigenvalue weighted by Crippen LogP contribution is 2.21. The molecule has 2 heterocycles. The number of amides is 2. The molecule has 0 bridgehead atoms. The summed E-state index contributed by atoms with van der Waals surface area (Å²) in [6.07, 6.45) is 5.90. The second kappa shape index (κ2) is 7.73. The Morgan fingerprint density at radius 3 is 2.67 bits per heavy atom. The quantitative estimate of drug-likeness (QED) is 0.916. The van der Waals surface area contributed by atoms with E-state index in [9.17, 15) is 9.59 Å². The zero-order valence-electron chi connectivity index (χ0n) is 15.1. The van der Waals surface area contributed by atoms with Gasteiger partial charge in [-0.3, -0.25) is 14.6 Å². The topological polar surface area (TPSA) is 75.2 Å². The van der Waals surface area contributed by atoms with Gasteiger partial charge in [0.1, 0.15) is 5.69 Å². The van der Waals surface area contributed by atoms with Gasteiger partial charge in [0.05, 0.1) is 5.69 Å². The number of nitrogens with zero attached hydrogens (tertiary/aromatic N) is 3. The normalized spacial score (nSPS) is 18.3. The number of piperidine rings is 1. The first-order chi connectivity index (χ1) is 11.3. The summed E-state index contributed by atoms with van der Waals surface area (Å²) in [4.78, 5) is 34.5. The fraction of sp³-hybridized carbons (Fsp3) is 0.667. The fourth-order valence-corrected chi connectivity index (χ4v) is 2.93. The zero-order valence-corrected chi connectivity index (χ0v) is 15.1. The minimum atomic E-state index is -0.174. The predicted octanol–water partition coefficient (Wildman–Crippen LogP) is 2.05. The van der Waals surface area contributed by atoms with Gasteiger partial charge in [-0.1, -0.05) is 20.8 Å². The Balaban J connectivity index is 2.05. The number of aromatic nitrogens is 2. The average molecular weight is 332 g/mol. The molecule has 0 radical (unpaired) electrons. The molecule has 1 atom stereocenters. The number of likely N-dealkylation sites (tertiary alicyclic amines) is 1. The highest BCUT2D eigenvalue weighted by atomic mass is 16.2. The van der Waals surface area contributed by atoms with Crippen LogP contribution in [0.4, 0.5) is 0 Å².